The zero-order valence-corrected chi connectivity index (χ0v) is 73.4. The second kappa shape index (κ2) is 34.3. The van der Waals surface area contributed by atoms with E-state index in [1.54, 1.807) is 49.1 Å². The maximum atomic E-state index is 14.1. The van der Waals surface area contributed by atoms with E-state index >= 15 is 0 Å². The van der Waals surface area contributed by atoms with Crippen molar-refractivity contribution in [2.45, 2.75) is 204 Å². The number of aryl methyl sites for hydroxylation is 5. The highest BCUT2D eigenvalue weighted by atomic mass is 32.1. The number of benzene rings is 10. The maximum Gasteiger partial charge on any atom is 0.258 e. The molecule has 10 aromatic carbocycles. The summed E-state index contributed by atoms with van der Waals surface area (Å²) in [6.07, 6.45) is 9.51. The molecule has 0 fully saturated rings. The maximum absolute atomic E-state index is 14.1. The SMILES string of the molecule is COc1cc2c(cc1OCc1cc(COc3cc4c(cc3C)C(=O)N3c5ccccc5C[C@H]3C(O)C4)cc(N(C)C(=O)CCC(C)(C)S)c1)CC[C@@H]1Cc3ccccc3N1C2=O.COc1cc2c(cc1OCc1cc(COc3cc4c(cc3C)C(=O)N3c5ccccc5C[C@H]3CC4)cc(N(C)C(=O)CCC(C)(C)S)c1)CC[C@@H]1Cc3ccccc3N1C2=O. The van der Waals surface area contributed by atoms with Crippen molar-refractivity contribution in [1.82, 2.24) is 0 Å². The number of thiol groups is 2. The van der Waals surface area contributed by atoms with Gasteiger partial charge in [-0.3, -0.25) is 28.8 Å². The van der Waals surface area contributed by atoms with Gasteiger partial charge in [0.1, 0.15) is 37.9 Å². The average Bonchev–Trinajstić information content (AvgIpc) is 1.63. The first-order chi connectivity index (χ1) is 59.1. The van der Waals surface area contributed by atoms with E-state index in [2.05, 4.69) is 49.5 Å². The molecule has 0 saturated heterocycles. The van der Waals surface area contributed by atoms with E-state index in [0.29, 0.717) is 89.7 Å². The summed E-state index contributed by atoms with van der Waals surface area (Å²) in [5.41, 5.74) is 21.2. The van der Waals surface area contributed by atoms with Crippen LogP contribution in [0, 0.1) is 13.8 Å². The van der Waals surface area contributed by atoms with Crippen LogP contribution < -0.4 is 57.8 Å². The Morgan fingerprint density at radius 3 is 1.07 bits per heavy atom. The van der Waals surface area contributed by atoms with Crippen LogP contribution in [0.5, 0.6) is 34.5 Å². The van der Waals surface area contributed by atoms with Gasteiger partial charge >= 0.3 is 0 Å². The molecule has 0 spiro atoms. The normalized spacial score (nSPS) is 18.2. The van der Waals surface area contributed by atoms with Crippen molar-refractivity contribution >= 4 is 94.8 Å². The predicted molar refractivity (Wildman–Crippen MR) is 488 cm³/mol. The molecule has 0 aliphatic carbocycles. The largest absolute Gasteiger partial charge is 0.493 e. The van der Waals surface area contributed by atoms with E-state index in [9.17, 15) is 33.9 Å². The summed E-state index contributed by atoms with van der Waals surface area (Å²) < 4.78 is 37.2. The molecule has 8 heterocycles. The molecule has 5 atom stereocenters. The van der Waals surface area contributed by atoms with Gasteiger partial charge in [0.25, 0.3) is 23.6 Å². The van der Waals surface area contributed by atoms with Gasteiger partial charge in [0.15, 0.2) is 23.0 Å². The van der Waals surface area contributed by atoms with Crippen molar-refractivity contribution < 1.29 is 62.3 Å². The number of nitrogens with zero attached hydrogens (tertiary/aromatic N) is 6. The predicted octanol–water partition coefficient (Wildman–Crippen LogP) is 18.3. The number of hydrogen-bond acceptors (Lipinski definition) is 15. The number of rotatable bonds is 22. The Labute approximate surface area is 731 Å². The summed E-state index contributed by atoms with van der Waals surface area (Å²) in [6, 6.07) is 59.6. The lowest BCUT2D eigenvalue weighted by Gasteiger charge is -2.26. The highest BCUT2D eigenvalue weighted by molar-refractivity contribution is 7.81. The number of aliphatic hydroxyl groups is 1. The van der Waals surface area contributed by atoms with E-state index in [4.69, 9.17) is 28.4 Å². The molecule has 634 valence electrons. The van der Waals surface area contributed by atoms with Gasteiger partial charge in [0.2, 0.25) is 11.8 Å². The van der Waals surface area contributed by atoms with Crippen LogP contribution in [0.25, 0.3) is 0 Å². The lowest BCUT2D eigenvalue weighted by atomic mass is 9.96. The fraction of sp³-hybridized carbons (Fsp3) is 0.353. The molecule has 0 saturated carbocycles. The standard InChI is InChI=1S/C51H53N3O7S.C51H53N3O6S/c1-30-18-39-36(24-44(55)43-23-35-11-7-9-13-42(35)54(43)50(39)58)26-45(30)60-28-31-19-32(21-38(20-31)52(4)48(56)16-17-51(2,3)62)29-61-47-25-33-14-15-37-22-34-10-6-8-12-41(34)53(37)49(57)40(33)27-46(47)59-5;1-31-20-41-34(14-16-38-24-36-10-6-8-12-43(36)53(38)49(41)56)26-45(31)59-29-32-21-33(23-40(22-32)52(4)48(55)18-19-51(2,3)61)30-60-47-27-35-15-17-39-25-37-11-7-9-13-44(37)54(39)50(57)42(35)28-46(47)58-5/h6-13,18-21,25-27,37,43-44,55,62H,14-17,22-24,28-29H2,1-5H3;6-13,20-23,26-28,38-39,61H,14-19,24-25,29-30H2,1-5H3/t37-,43+,44?;38-,39-/m11/s1. The van der Waals surface area contributed by atoms with Crippen molar-refractivity contribution in [3.05, 3.63) is 282 Å². The van der Waals surface area contributed by atoms with Crippen molar-refractivity contribution in [1.29, 1.82) is 0 Å². The van der Waals surface area contributed by atoms with Gasteiger partial charge in [-0.05, 0) is 278 Å². The molecule has 0 bridgehead atoms. The smallest absolute Gasteiger partial charge is 0.258 e. The average molecular weight is 1690 g/mol. The molecule has 0 radical (unpaired) electrons. The first-order valence-corrected chi connectivity index (χ1v) is 43.8. The molecule has 123 heavy (non-hydrogen) atoms. The quantitative estimate of drug-likeness (QED) is 0.0542. The van der Waals surface area contributed by atoms with E-state index < -0.39 is 6.10 Å². The molecule has 1 N–H and O–H groups in total. The van der Waals surface area contributed by atoms with Gasteiger partial charge in [-0.1, -0.05) is 100 Å². The first-order valence-electron chi connectivity index (χ1n) is 42.9. The summed E-state index contributed by atoms with van der Waals surface area (Å²) >= 11 is 9.29. The number of methoxy groups -OCH3 is 2. The highest BCUT2D eigenvalue weighted by Gasteiger charge is 2.44. The van der Waals surface area contributed by atoms with Gasteiger partial charge in [-0.2, -0.15) is 25.3 Å². The van der Waals surface area contributed by atoms with Gasteiger partial charge in [0, 0.05) is 117 Å². The lowest BCUT2D eigenvalue weighted by Crippen LogP contribution is -2.43. The fourth-order valence-corrected chi connectivity index (χ4v) is 19.4. The third-order valence-electron chi connectivity index (χ3n) is 25.8. The van der Waals surface area contributed by atoms with Crippen molar-refractivity contribution in [3.8, 4) is 34.5 Å². The molecule has 18 rings (SSSR count). The van der Waals surface area contributed by atoms with E-state index in [0.717, 1.165) is 159 Å². The topological polar surface area (TPSA) is 197 Å². The van der Waals surface area contributed by atoms with Gasteiger partial charge in [-0.15, -0.1) is 0 Å². The third-order valence-corrected chi connectivity index (χ3v) is 26.2. The fourth-order valence-electron chi connectivity index (χ4n) is 19.1. The zero-order valence-electron chi connectivity index (χ0n) is 71.6. The molecule has 8 aliphatic heterocycles. The minimum Gasteiger partial charge on any atom is -0.493 e. The highest BCUT2D eigenvalue weighted by Crippen LogP contribution is 2.47. The van der Waals surface area contributed by atoms with Crippen molar-refractivity contribution in [3.63, 3.8) is 0 Å². The van der Waals surface area contributed by atoms with E-state index in [1.807, 2.05) is 208 Å². The van der Waals surface area contributed by atoms with Crippen molar-refractivity contribution in [2.24, 2.45) is 0 Å². The van der Waals surface area contributed by atoms with Gasteiger partial charge in [0.05, 0.1) is 26.4 Å². The molecule has 8 aliphatic rings. The summed E-state index contributed by atoms with van der Waals surface area (Å²) in [7, 11) is 6.74. The summed E-state index contributed by atoms with van der Waals surface area (Å²) in [5.74, 6) is 3.23. The number of aliphatic hydroxyl groups excluding tert-OH is 1. The minimum absolute atomic E-state index is 0.0123. The monoisotopic (exact) mass is 1690 g/mol. The van der Waals surface area contributed by atoms with Crippen LogP contribution >= 0.6 is 25.3 Å². The summed E-state index contributed by atoms with van der Waals surface area (Å²) in [6.45, 7) is 12.7. The van der Waals surface area contributed by atoms with Crippen LogP contribution in [0.2, 0.25) is 0 Å². The van der Waals surface area contributed by atoms with Crippen LogP contribution in [-0.2, 0) is 87.4 Å². The number of amides is 6. The summed E-state index contributed by atoms with van der Waals surface area (Å²) in [5, 5.41) is 11.4. The van der Waals surface area contributed by atoms with Crippen LogP contribution in [0.4, 0.5) is 34.1 Å². The Kier molecular flexibility index (Phi) is 23.4. The molecule has 0 aromatic heterocycles. The Bertz CT molecular complexity index is 5870. The Morgan fingerprint density at radius 2 is 0.699 bits per heavy atom. The third kappa shape index (κ3) is 17.1. The van der Waals surface area contributed by atoms with Gasteiger partial charge < -0.3 is 62.9 Å². The van der Waals surface area contributed by atoms with E-state index in [-0.39, 0.29) is 95.5 Å². The van der Waals surface area contributed by atoms with E-state index in [1.165, 1.54) is 16.7 Å². The second-order valence-electron chi connectivity index (χ2n) is 35.5. The number of ether oxygens (including phenoxy) is 6. The zero-order chi connectivity index (χ0) is 86.0. The second-order valence-corrected chi connectivity index (χ2v) is 37.9. The lowest BCUT2D eigenvalue weighted by molar-refractivity contribution is -0.119. The summed E-state index contributed by atoms with van der Waals surface area (Å²) in [4.78, 5) is 94.3. The number of fused-ring (bicyclic) bond motifs is 16. The molecule has 1 unspecified atom stereocenters. The van der Waals surface area contributed by atoms with Gasteiger partial charge in [-0.25, -0.2) is 0 Å². The Morgan fingerprint density at radius 1 is 0.390 bits per heavy atom. The first kappa shape index (κ1) is 83.7. The molecular weight excluding hydrogens is 1580 g/mol. The minimum atomic E-state index is -0.739. The number of carbonyl (C=O) groups excluding carboxylic acids is 6. The van der Waals surface area contributed by atoms with Crippen LogP contribution in [0.1, 0.15) is 192 Å². The molecule has 10 aromatic rings. The molecule has 19 nitrogen and oxygen atoms in total. The molecular formula is C102H106N6O13S2. The number of carbonyl (C=O) groups is 6. The van der Waals surface area contributed by atoms with Crippen LogP contribution in [0.3, 0.4) is 0 Å². The number of anilines is 6. The molecule has 21 heteroatoms. The Balaban J connectivity index is 0.000000175. The number of para-hydroxylation sites is 4. The van der Waals surface area contributed by atoms with Crippen LogP contribution in [-0.4, -0.2) is 109 Å². The Hall–Kier alpha value is -11.5. The molecule has 6 amide bonds. The van der Waals surface area contributed by atoms with Crippen LogP contribution in [0.15, 0.2) is 182 Å². The van der Waals surface area contributed by atoms with Crippen molar-refractivity contribution in [2.75, 3.05) is 57.7 Å². The number of hydrogen-bond donors (Lipinski definition) is 3.